The number of hydrogen-bond donors (Lipinski definition) is 1. The van der Waals surface area contributed by atoms with E-state index in [0.717, 1.165) is 4.57 Å². The number of H-pyrrole nitrogens is 1. The minimum Gasteiger partial charge on any atom is -0.493 e. The van der Waals surface area contributed by atoms with Crippen LogP contribution in [0.4, 0.5) is 0 Å². The van der Waals surface area contributed by atoms with Crippen LogP contribution in [0.5, 0.6) is 11.5 Å². The van der Waals surface area contributed by atoms with Gasteiger partial charge in [-0.2, -0.15) is 0 Å². The van der Waals surface area contributed by atoms with Gasteiger partial charge < -0.3 is 24.3 Å². The number of piperazine rings is 1. The molecule has 10 nitrogen and oxygen atoms in total. The Balaban J connectivity index is 1.43. The predicted octanol–water partition coefficient (Wildman–Crippen LogP) is 0.692. The van der Waals surface area contributed by atoms with Gasteiger partial charge in [-0.15, -0.1) is 0 Å². The van der Waals surface area contributed by atoms with E-state index in [0.29, 0.717) is 54.1 Å². The molecule has 1 N–H and O–H groups in total. The highest BCUT2D eigenvalue weighted by Crippen LogP contribution is 2.28. The second-order valence-electron chi connectivity index (χ2n) is 7.61. The molecule has 2 aromatic carbocycles. The van der Waals surface area contributed by atoms with Gasteiger partial charge in [0.05, 0.1) is 25.1 Å². The lowest BCUT2D eigenvalue weighted by Gasteiger charge is -2.35. The molecule has 0 spiro atoms. The maximum atomic E-state index is 12.9. The number of hydrogen-bond acceptors (Lipinski definition) is 6. The van der Waals surface area contributed by atoms with Crippen molar-refractivity contribution in [2.24, 2.45) is 0 Å². The fraction of sp³-hybridized carbons (Fsp3) is 0.304. The fourth-order valence-electron chi connectivity index (χ4n) is 3.89. The highest BCUT2D eigenvalue weighted by molar-refractivity contribution is 5.95. The number of rotatable bonds is 5. The first-order valence-electron chi connectivity index (χ1n) is 10.4. The van der Waals surface area contributed by atoms with E-state index in [-0.39, 0.29) is 18.4 Å². The molecule has 33 heavy (non-hydrogen) atoms. The van der Waals surface area contributed by atoms with Crippen LogP contribution in [0.15, 0.2) is 52.1 Å². The smallest absolute Gasteiger partial charge is 0.329 e. The van der Waals surface area contributed by atoms with Crippen LogP contribution in [0.3, 0.4) is 0 Å². The minimum atomic E-state index is -0.630. The Kier molecular flexibility index (Phi) is 6.16. The SMILES string of the molecule is COc1ccc(C(=O)N2CCN(C(=O)Cn3c(=O)[nH]c4ccccc4c3=O)CC2)cc1OC. The number of para-hydroxylation sites is 1. The fourth-order valence-corrected chi connectivity index (χ4v) is 3.89. The lowest BCUT2D eigenvalue weighted by molar-refractivity contribution is -0.133. The zero-order valence-electron chi connectivity index (χ0n) is 18.4. The van der Waals surface area contributed by atoms with Crippen molar-refractivity contribution in [3.8, 4) is 11.5 Å². The van der Waals surface area contributed by atoms with Crippen LogP contribution in [0.1, 0.15) is 10.4 Å². The van der Waals surface area contributed by atoms with Crippen molar-refractivity contribution >= 4 is 22.7 Å². The van der Waals surface area contributed by atoms with E-state index in [1.54, 1.807) is 52.3 Å². The molecule has 3 aromatic rings. The predicted molar refractivity (Wildman–Crippen MR) is 121 cm³/mol. The van der Waals surface area contributed by atoms with E-state index in [2.05, 4.69) is 4.98 Å². The molecule has 0 atom stereocenters. The number of ether oxygens (including phenoxy) is 2. The largest absolute Gasteiger partial charge is 0.493 e. The molecule has 0 saturated carbocycles. The number of aromatic nitrogens is 2. The third kappa shape index (κ3) is 4.32. The number of fused-ring (bicyclic) bond motifs is 1. The summed E-state index contributed by atoms with van der Waals surface area (Å²) in [5, 5.41) is 0.343. The first-order valence-corrected chi connectivity index (χ1v) is 10.4. The molecule has 0 radical (unpaired) electrons. The molecule has 1 saturated heterocycles. The van der Waals surface area contributed by atoms with E-state index in [1.807, 2.05) is 0 Å². The van der Waals surface area contributed by atoms with Gasteiger partial charge in [0.25, 0.3) is 11.5 Å². The molecule has 0 unspecified atom stereocenters. The Hall–Kier alpha value is -4.08. The van der Waals surface area contributed by atoms with Crippen LogP contribution < -0.4 is 20.7 Å². The molecular formula is C23H24N4O6. The topological polar surface area (TPSA) is 114 Å². The number of methoxy groups -OCH3 is 2. The Morgan fingerprint density at radius 1 is 0.909 bits per heavy atom. The van der Waals surface area contributed by atoms with Crippen molar-refractivity contribution in [3.63, 3.8) is 0 Å². The monoisotopic (exact) mass is 452 g/mol. The maximum absolute atomic E-state index is 12.9. The second-order valence-corrected chi connectivity index (χ2v) is 7.61. The Morgan fingerprint density at radius 2 is 1.58 bits per heavy atom. The van der Waals surface area contributed by atoms with Gasteiger partial charge in [-0.25, -0.2) is 4.79 Å². The van der Waals surface area contributed by atoms with E-state index >= 15 is 0 Å². The van der Waals surface area contributed by atoms with Gasteiger partial charge in [0.2, 0.25) is 5.91 Å². The van der Waals surface area contributed by atoms with E-state index < -0.39 is 11.2 Å². The standard InChI is InChI=1S/C23H24N4O6/c1-32-18-8-7-15(13-19(18)33-2)21(29)26-11-9-25(10-12-26)20(28)14-27-22(30)16-5-3-4-6-17(16)24-23(27)31/h3-8,13H,9-12,14H2,1-2H3,(H,24,31). The zero-order chi connectivity index (χ0) is 23.5. The molecule has 0 bridgehead atoms. The van der Waals surface area contributed by atoms with Gasteiger partial charge in [-0.05, 0) is 30.3 Å². The Labute approximate surface area is 188 Å². The molecule has 172 valence electrons. The van der Waals surface area contributed by atoms with Crippen molar-refractivity contribution in [2.45, 2.75) is 6.54 Å². The number of aromatic amines is 1. The number of carbonyl (C=O) groups is 2. The Morgan fingerprint density at radius 3 is 2.27 bits per heavy atom. The lowest BCUT2D eigenvalue weighted by Crippen LogP contribution is -2.52. The van der Waals surface area contributed by atoms with Crippen molar-refractivity contribution in [1.82, 2.24) is 19.4 Å². The maximum Gasteiger partial charge on any atom is 0.329 e. The van der Waals surface area contributed by atoms with E-state index in [9.17, 15) is 19.2 Å². The van der Waals surface area contributed by atoms with Gasteiger partial charge in [0.1, 0.15) is 6.54 Å². The van der Waals surface area contributed by atoms with Gasteiger partial charge in [0.15, 0.2) is 11.5 Å². The molecule has 2 amide bonds. The summed E-state index contributed by atoms with van der Waals surface area (Å²) >= 11 is 0. The zero-order valence-corrected chi connectivity index (χ0v) is 18.4. The summed E-state index contributed by atoms with van der Waals surface area (Å²) in [6, 6.07) is 11.6. The van der Waals surface area contributed by atoms with Crippen LogP contribution in [-0.2, 0) is 11.3 Å². The van der Waals surface area contributed by atoms with E-state index in [4.69, 9.17) is 9.47 Å². The number of nitrogens with one attached hydrogen (secondary N) is 1. The number of benzene rings is 2. The van der Waals surface area contributed by atoms with E-state index in [1.165, 1.54) is 14.2 Å². The summed E-state index contributed by atoms with van der Waals surface area (Å²) in [4.78, 5) is 56.5. The van der Waals surface area contributed by atoms with Gasteiger partial charge >= 0.3 is 5.69 Å². The summed E-state index contributed by atoms with van der Waals surface area (Å²) in [6.07, 6.45) is 0. The summed E-state index contributed by atoms with van der Waals surface area (Å²) < 4.78 is 11.4. The first kappa shape index (κ1) is 22.1. The van der Waals surface area contributed by atoms with Gasteiger partial charge in [-0.1, -0.05) is 12.1 Å². The van der Waals surface area contributed by atoms with Gasteiger partial charge in [0, 0.05) is 31.7 Å². The molecule has 1 aliphatic rings. The lowest BCUT2D eigenvalue weighted by atomic mass is 10.1. The molecule has 4 rings (SSSR count). The average molecular weight is 452 g/mol. The molecule has 10 heteroatoms. The van der Waals surface area contributed by atoms with Crippen molar-refractivity contribution in [2.75, 3.05) is 40.4 Å². The van der Waals surface area contributed by atoms with Crippen LogP contribution in [-0.4, -0.2) is 71.6 Å². The van der Waals surface area contributed by atoms with Gasteiger partial charge in [-0.3, -0.25) is 19.0 Å². The molecule has 1 fully saturated rings. The average Bonchev–Trinajstić information content (AvgIpc) is 2.85. The minimum absolute atomic E-state index is 0.176. The number of carbonyl (C=O) groups excluding carboxylic acids is 2. The van der Waals surface area contributed by atoms with Crippen LogP contribution in [0, 0.1) is 0 Å². The summed E-state index contributed by atoms with van der Waals surface area (Å²) in [5.74, 6) is 0.466. The summed E-state index contributed by atoms with van der Waals surface area (Å²) in [7, 11) is 3.03. The Bertz CT molecular complexity index is 1320. The third-order valence-electron chi connectivity index (χ3n) is 5.73. The molecule has 1 aliphatic heterocycles. The third-order valence-corrected chi connectivity index (χ3v) is 5.73. The quantitative estimate of drug-likeness (QED) is 0.609. The normalized spacial score (nSPS) is 13.8. The second kappa shape index (κ2) is 9.19. The molecule has 2 heterocycles. The molecule has 1 aromatic heterocycles. The van der Waals surface area contributed by atoms with Crippen LogP contribution in [0.25, 0.3) is 10.9 Å². The number of nitrogens with zero attached hydrogens (tertiary/aromatic N) is 3. The highest BCUT2D eigenvalue weighted by atomic mass is 16.5. The van der Waals surface area contributed by atoms with Crippen LogP contribution in [0.2, 0.25) is 0 Å². The molecular weight excluding hydrogens is 428 g/mol. The highest BCUT2D eigenvalue weighted by Gasteiger charge is 2.26. The summed E-state index contributed by atoms with van der Waals surface area (Å²) in [6.45, 7) is 0.919. The number of amides is 2. The van der Waals surface area contributed by atoms with Crippen molar-refractivity contribution < 1.29 is 19.1 Å². The summed E-state index contributed by atoms with van der Waals surface area (Å²) in [5.41, 5.74) is -0.251. The first-order chi connectivity index (χ1) is 15.9. The van der Waals surface area contributed by atoms with Crippen LogP contribution >= 0.6 is 0 Å². The molecule has 0 aliphatic carbocycles. The van der Waals surface area contributed by atoms with Crippen molar-refractivity contribution in [3.05, 3.63) is 68.9 Å². The van der Waals surface area contributed by atoms with Crippen molar-refractivity contribution in [1.29, 1.82) is 0 Å².